The minimum Gasteiger partial charge on any atom is -0.504 e. The number of rotatable bonds is 8. The summed E-state index contributed by atoms with van der Waals surface area (Å²) >= 11 is 0. The number of phenolic OH excluding ortho intramolecular Hbond substituents is 1. The maximum Gasteiger partial charge on any atom is 0.246 e. The monoisotopic (exact) mass is 497 g/mol. The van der Waals surface area contributed by atoms with E-state index in [0.717, 1.165) is 24.4 Å². The normalized spacial score (nSPS) is 16.4. The fourth-order valence-corrected chi connectivity index (χ4v) is 5.82. The average molecular weight is 498 g/mol. The number of nitrogens with one attached hydrogen (secondary N) is 2. The quantitative estimate of drug-likeness (QED) is 0.402. The molecule has 12 heteroatoms. The van der Waals surface area contributed by atoms with Crippen molar-refractivity contribution in [2.45, 2.75) is 44.0 Å². The van der Waals surface area contributed by atoms with Gasteiger partial charge in [-0.05, 0) is 50.5 Å². The minimum absolute atomic E-state index is 0.148. The molecule has 11 nitrogen and oxygen atoms in total. The topological polar surface area (TPSA) is 145 Å². The second-order valence-corrected chi connectivity index (χ2v) is 10.4. The first-order valence-electron chi connectivity index (χ1n) is 11.6. The zero-order chi connectivity index (χ0) is 24.6. The summed E-state index contributed by atoms with van der Waals surface area (Å²) in [6, 6.07) is 8.19. The molecule has 5 rings (SSSR count). The van der Waals surface area contributed by atoms with Crippen molar-refractivity contribution in [3.63, 3.8) is 0 Å². The van der Waals surface area contributed by atoms with Crippen LogP contribution in [0.5, 0.6) is 5.75 Å². The van der Waals surface area contributed by atoms with Crippen LogP contribution in [0.4, 0.5) is 17.3 Å². The Labute approximate surface area is 202 Å². The summed E-state index contributed by atoms with van der Waals surface area (Å²) in [5.41, 5.74) is 0.984. The molecule has 1 saturated heterocycles. The van der Waals surface area contributed by atoms with Gasteiger partial charge in [-0.1, -0.05) is 13.0 Å². The third-order valence-electron chi connectivity index (χ3n) is 6.06. The lowest BCUT2D eigenvalue weighted by atomic mass is 10.1. The van der Waals surface area contributed by atoms with Gasteiger partial charge >= 0.3 is 0 Å². The van der Waals surface area contributed by atoms with Crippen molar-refractivity contribution in [1.29, 1.82) is 0 Å². The predicted octanol–water partition coefficient (Wildman–Crippen LogP) is 2.39. The van der Waals surface area contributed by atoms with Crippen LogP contribution >= 0.6 is 0 Å². The second-order valence-electron chi connectivity index (χ2n) is 8.47. The van der Waals surface area contributed by atoms with Crippen LogP contribution in [0.25, 0.3) is 0 Å². The predicted molar refractivity (Wildman–Crippen MR) is 129 cm³/mol. The van der Waals surface area contributed by atoms with E-state index in [1.165, 1.54) is 10.4 Å². The maximum absolute atomic E-state index is 13.1. The fraction of sp³-hybridized carbons (Fsp3) is 0.391. The summed E-state index contributed by atoms with van der Waals surface area (Å²) in [5, 5.41) is 17.4. The molecule has 1 aromatic carbocycles. The van der Waals surface area contributed by atoms with Crippen LogP contribution in [0.2, 0.25) is 0 Å². The smallest absolute Gasteiger partial charge is 0.246 e. The van der Waals surface area contributed by atoms with Gasteiger partial charge in [0.15, 0.2) is 28.4 Å². The highest BCUT2D eigenvalue weighted by Crippen LogP contribution is 2.36. The van der Waals surface area contributed by atoms with Gasteiger partial charge in [-0.15, -0.1) is 0 Å². The Bertz CT molecular complexity index is 1480. The van der Waals surface area contributed by atoms with E-state index in [-0.39, 0.29) is 34.9 Å². The lowest BCUT2D eigenvalue weighted by Crippen LogP contribution is -2.31. The van der Waals surface area contributed by atoms with Crippen molar-refractivity contribution in [2.75, 3.05) is 30.4 Å². The number of para-hydroxylation sites is 1. The molecule has 2 aliphatic heterocycles. The number of phenols is 1. The number of furan rings is 1. The van der Waals surface area contributed by atoms with Gasteiger partial charge in [-0.3, -0.25) is 0 Å². The summed E-state index contributed by atoms with van der Waals surface area (Å²) in [6.45, 7) is 5.02. The Morgan fingerprint density at radius 2 is 1.80 bits per heavy atom. The Balaban J connectivity index is 1.52. The Kier molecular flexibility index (Phi) is 6.15. The minimum atomic E-state index is -3.81. The lowest BCUT2D eigenvalue weighted by molar-refractivity contribution is 0.445. The molecule has 0 saturated carbocycles. The zero-order valence-electron chi connectivity index (χ0n) is 19.5. The SMILES string of the molecule is CC[C@@H](Nc1nc2c(nc1Nc1cccc(S(=O)(=O)N3CCCC3)c1O)=NCN=2)c1ccc(C)o1. The Morgan fingerprint density at radius 1 is 1.09 bits per heavy atom. The highest BCUT2D eigenvalue weighted by Gasteiger charge is 2.30. The standard InChI is InChI=1S/C23H27N7O4S/c1-3-15(17-10-9-14(2)34-17)26-22-23(29-21-20(28-22)24-13-25-21)27-16-7-6-8-18(19(16)31)35(32,33)30-11-4-5-12-30/h6-10,15,31H,3-5,11-13H2,1-2H3,(H,24,26,28)(H,25,27,29)/t15-/m1/s1. The van der Waals surface area contributed by atoms with E-state index < -0.39 is 10.0 Å². The van der Waals surface area contributed by atoms with E-state index in [0.29, 0.717) is 36.3 Å². The highest BCUT2D eigenvalue weighted by molar-refractivity contribution is 7.89. The highest BCUT2D eigenvalue weighted by atomic mass is 32.2. The van der Waals surface area contributed by atoms with Crippen LogP contribution in [0.3, 0.4) is 0 Å². The number of sulfonamides is 1. The number of hydrogen-bond acceptors (Lipinski definition) is 10. The average Bonchev–Trinajstić information content (AvgIpc) is 3.61. The number of aromatic hydroxyl groups is 1. The number of nitrogens with zero attached hydrogens (tertiary/aromatic N) is 5. The van der Waals surface area contributed by atoms with Gasteiger partial charge in [0.05, 0.1) is 11.7 Å². The molecule has 2 aromatic heterocycles. The van der Waals surface area contributed by atoms with Crippen molar-refractivity contribution in [1.82, 2.24) is 14.3 Å². The Morgan fingerprint density at radius 3 is 2.46 bits per heavy atom. The number of fused-ring (bicyclic) bond motifs is 1. The molecule has 3 aromatic rings. The van der Waals surface area contributed by atoms with Crippen LogP contribution < -0.4 is 21.6 Å². The molecular formula is C23H27N7O4S. The number of anilines is 3. The van der Waals surface area contributed by atoms with Crippen molar-refractivity contribution in [2.24, 2.45) is 9.98 Å². The molecule has 0 spiro atoms. The number of benzene rings is 1. The maximum atomic E-state index is 13.1. The third kappa shape index (κ3) is 4.46. The summed E-state index contributed by atoms with van der Waals surface area (Å²) < 4.78 is 33.4. The van der Waals surface area contributed by atoms with Crippen molar-refractivity contribution in [3.8, 4) is 5.75 Å². The van der Waals surface area contributed by atoms with Crippen LogP contribution in [-0.2, 0) is 10.0 Å². The molecule has 0 unspecified atom stereocenters. The van der Waals surface area contributed by atoms with Gasteiger partial charge < -0.3 is 20.2 Å². The lowest BCUT2D eigenvalue weighted by Gasteiger charge is -2.19. The van der Waals surface area contributed by atoms with E-state index in [1.807, 2.05) is 26.0 Å². The zero-order valence-corrected chi connectivity index (χ0v) is 20.3. The largest absolute Gasteiger partial charge is 0.504 e. The van der Waals surface area contributed by atoms with E-state index >= 15 is 0 Å². The first kappa shape index (κ1) is 23.2. The van der Waals surface area contributed by atoms with Crippen LogP contribution in [0.15, 0.2) is 49.6 Å². The molecule has 0 bridgehead atoms. The number of aryl methyl sites for hydroxylation is 1. The molecule has 184 valence electrons. The van der Waals surface area contributed by atoms with Gasteiger partial charge in [0, 0.05) is 13.1 Å². The van der Waals surface area contributed by atoms with Crippen LogP contribution in [-0.4, -0.2) is 47.6 Å². The van der Waals surface area contributed by atoms with E-state index in [2.05, 4.69) is 30.6 Å². The molecule has 35 heavy (non-hydrogen) atoms. The molecule has 3 N–H and O–H groups in total. The van der Waals surface area contributed by atoms with Crippen molar-refractivity contribution >= 4 is 27.3 Å². The molecule has 0 aliphatic carbocycles. The summed E-state index contributed by atoms with van der Waals surface area (Å²) in [7, 11) is -3.81. The molecular weight excluding hydrogens is 470 g/mol. The second kappa shape index (κ2) is 9.27. The van der Waals surface area contributed by atoms with Gasteiger partial charge in [-0.2, -0.15) is 4.31 Å². The fourth-order valence-electron chi connectivity index (χ4n) is 4.19. The molecule has 0 radical (unpaired) electrons. The first-order chi connectivity index (χ1) is 16.9. The summed E-state index contributed by atoms with van der Waals surface area (Å²) in [6.07, 6.45) is 2.32. The molecule has 4 heterocycles. The molecule has 1 fully saturated rings. The molecule has 0 amide bonds. The van der Waals surface area contributed by atoms with Crippen LogP contribution in [0, 0.1) is 6.92 Å². The Hall–Kier alpha value is -3.51. The third-order valence-corrected chi connectivity index (χ3v) is 7.99. The summed E-state index contributed by atoms with van der Waals surface area (Å²) in [4.78, 5) is 17.5. The van der Waals surface area contributed by atoms with Gasteiger partial charge in [0.25, 0.3) is 0 Å². The molecule has 1 atom stereocenters. The van der Waals surface area contributed by atoms with E-state index in [9.17, 15) is 13.5 Å². The van der Waals surface area contributed by atoms with E-state index in [1.54, 1.807) is 12.1 Å². The first-order valence-corrected chi connectivity index (χ1v) is 13.0. The number of hydrogen-bond donors (Lipinski definition) is 3. The van der Waals surface area contributed by atoms with Crippen LogP contribution in [0.1, 0.15) is 43.7 Å². The molecule has 2 aliphatic rings. The van der Waals surface area contributed by atoms with Gasteiger partial charge in [0.2, 0.25) is 10.0 Å². The summed E-state index contributed by atoms with van der Waals surface area (Å²) in [5.74, 6) is 1.85. The van der Waals surface area contributed by atoms with Gasteiger partial charge in [0.1, 0.15) is 23.1 Å². The van der Waals surface area contributed by atoms with Crippen molar-refractivity contribution < 1.29 is 17.9 Å². The number of aromatic nitrogens is 2. The van der Waals surface area contributed by atoms with Crippen molar-refractivity contribution in [3.05, 3.63) is 52.8 Å². The van der Waals surface area contributed by atoms with Gasteiger partial charge in [-0.25, -0.2) is 28.4 Å². The van der Waals surface area contributed by atoms with E-state index in [4.69, 9.17) is 4.42 Å².